The van der Waals surface area contributed by atoms with Gasteiger partial charge in [0.25, 0.3) is 11.8 Å². The second-order valence-electron chi connectivity index (χ2n) is 7.20. The molecule has 2 aliphatic rings. The molecular formula is C19H22BrN3O4. The van der Waals surface area contributed by atoms with Crippen molar-refractivity contribution in [2.75, 3.05) is 19.6 Å². The smallest absolute Gasteiger partial charge is 0.262 e. The monoisotopic (exact) mass is 435 g/mol. The quantitative estimate of drug-likeness (QED) is 0.730. The highest BCUT2D eigenvalue weighted by atomic mass is 79.9. The minimum absolute atomic E-state index is 0.0111. The van der Waals surface area contributed by atoms with Crippen molar-refractivity contribution in [1.82, 2.24) is 15.1 Å². The van der Waals surface area contributed by atoms with Gasteiger partial charge in [0.15, 0.2) is 0 Å². The fourth-order valence-corrected chi connectivity index (χ4v) is 3.64. The predicted molar refractivity (Wildman–Crippen MR) is 102 cm³/mol. The van der Waals surface area contributed by atoms with Gasteiger partial charge in [0.1, 0.15) is 6.54 Å². The molecule has 144 valence electrons. The average Bonchev–Trinajstić information content (AvgIpc) is 2.86. The molecule has 1 aromatic carbocycles. The zero-order valence-corrected chi connectivity index (χ0v) is 16.9. The Morgan fingerprint density at radius 1 is 1.15 bits per heavy atom. The lowest BCUT2D eigenvalue weighted by molar-refractivity contribution is -0.132. The Hall–Kier alpha value is -2.22. The molecule has 8 heteroatoms. The SMILES string of the molecule is CC(C)C(=O)NC1CCN(C(=O)CN2C(=O)c3ccc(Br)cc3C2=O)CC1. The standard InChI is InChI=1S/C19H22BrN3O4/c1-11(2)17(25)21-13-5-7-22(8-6-13)16(24)10-23-18(26)14-4-3-12(20)9-15(14)19(23)27/h3-4,9,11,13H,5-8,10H2,1-2H3,(H,21,25). The molecule has 0 spiro atoms. The number of nitrogens with zero attached hydrogens (tertiary/aromatic N) is 2. The molecule has 7 nitrogen and oxygen atoms in total. The predicted octanol–water partition coefficient (Wildman–Crippen LogP) is 1.81. The van der Waals surface area contributed by atoms with E-state index in [2.05, 4.69) is 21.2 Å². The van der Waals surface area contributed by atoms with Crippen molar-refractivity contribution in [3.63, 3.8) is 0 Å². The number of fused-ring (bicyclic) bond motifs is 1. The average molecular weight is 436 g/mol. The first-order chi connectivity index (χ1) is 12.8. The number of halogens is 1. The summed E-state index contributed by atoms with van der Waals surface area (Å²) in [6.07, 6.45) is 1.33. The number of piperidine rings is 1. The van der Waals surface area contributed by atoms with Gasteiger partial charge in [-0.3, -0.25) is 24.1 Å². The van der Waals surface area contributed by atoms with Gasteiger partial charge in [-0.15, -0.1) is 0 Å². The lowest BCUT2D eigenvalue weighted by Gasteiger charge is -2.33. The Kier molecular flexibility index (Phi) is 5.64. The number of imide groups is 1. The number of likely N-dealkylation sites (tertiary alicyclic amines) is 1. The Bertz CT molecular complexity index is 800. The molecule has 0 saturated carbocycles. The lowest BCUT2D eigenvalue weighted by atomic mass is 10.0. The van der Waals surface area contributed by atoms with Crippen molar-refractivity contribution in [2.24, 2.45) is 5.92 Å². The Morgan fingerprint density at radius 3 is 2.41 bits per heavy atom. The van der Waals surface area contributed by atoms with Gasteiger partial charge in [-0.2, -0.15) is 0 Å². The summed E-state index contributed by atoms with van der Waals surface area (Å²) in [4.78, 5) is 52.0. The number of amides is 4. The summed E-state index contributed by atoms with van der Waals surface area (Å²) in [6.45, 7) is 4.42. The molecule has 0 atom stereocenters. The number of hydrogen-bond donors (Lipinski definition) is 1. The molecule has 4 amide bonds. The van der Waals surface area contributed by atoms with Gasteiger partial charge in [0, 0.05) is 29.5 Å². The maximum Gasteiger partial charge on any atom is 0.262 e. The summed E-state index contributed by atoms with van der Waals surface area (Å²) >= 11 is 3.29. The summed E-state index contributed by atoms with van der Waals surface area (Å²) in [5, 5.41) is 2.98. The van der Waals surface area contributed by atoms with Crippen molar-refractivity contribution in [2.45, 2.75) is 32.7 Å². The molecule has 3 rings (SSSR count). The van der Waals surface area contributed by atoms with Crippen LogP contribution in [0.25, 0.3) is 0 Å². The Balaban J connectivity index is 1.57. The van der Waals surface area contributed by atoms with Crippen LogP contribution < -0.4 is 5.32 Å². The highest BCUT2D eigenvalue weighted by Crippen LogP contribution is 2.26. The summed E-state index contributed by atoms with van der Waals surface area (Å²) in [5.74, 6) is -1.19. The van der Waals surface area contributed by atoms with E-state index >= 15 is 0 Å². The van der Waals surface area contributed by atoms with Crippen LogP contribution in [0.3, 0.4) is 0 Å². The van der Waals surface area contributed by atoms with Crippen molar-refractivity contribution in [1.29, 1.82) is 0 Å². The van der Waals surface area contributed by atoms with Crippen LogP contribution in [-0.2, 0) is 9.59 Å². The van der Waals surface area contributed by atoms with Crippen LogP contribution in [0.5, 0.6) is 0 Å². The van der Waals surface area contributed by atoms with Crippen LogP contribution in [0.1, 0.15) is 47.4 Å². The van der Waals surface area contributed by atoms with Gasteiger partial charge in [0.05, 0.1) is 11.1 Å². The van der Waals surface area contributed by atoms with Crippen molar-refractivity contribution >= 4 is 39.6 Å². The summed E-state index contributed by atoms with van der Waals surface area (Å²) < 4.78 is 0.709. The summed E-state index contributed by atoms with van der Waals surface area (Å²) in [6, 6.07) is 4.95. The molecule has 27 heavy (non-hydrogen) atoms. The van der Waals surface area contributed by atoms with E-state index in [1.165, 1.54) is 0 Å². The molecule has 1 N–H and O–H groups in total. The second kappa shape index (κ2) is 7.80. The molecule has 2 aliphatic heterocycles. The van der Waals surface area contributed by atoms with E-state index in [0.29, 0.717) is 41.5 Å². The number of carbonyl (C=O) groups is 4. The van der Waals surface area contributed by atoms with E-state index in [-0.39, 0.29) is 30.3 Å². The fraction of sp³-hybridized carbons (Fsp3) is 0.474. The zero-order chi connectivity index (χ0) is 19.7. The highest BCUT2D eigenvalue weighted by molar-refractivity contribution is 9.10. The van der Waals surface area contributed by atoms with Crippen molar-refractivity contribution < 1.29 is 19.2 Å². The van der Waals surface area contributed by atoms with Gasteiger partial charge in [-0.1, -0.05) is 29.8 Å². The summed E-state index contributed by atoms with van der Waals surface area (Å²) in [5.41, 5.74) is 0.642. The normalized spacial score (nSPS) is 17.5. The third-order valence-corrected chi connectivity index (χ3v) is 5.44. The second-order valence-corrected chi connectivity index (χ2v) is 8.12. The number of carbonyl (C=O) groups excluding carboxylic acids is 4. The minimum Gasteiger partial charge on any atom is -0.353 e. The van der Waals surface area contributed by atoms with E-state index in [1.807, 2.05) is 13.8 Å². The van der Waals surface area contributed by atoms with E-state index in [4.69, 9.17) is 0 Å². The van der Waals surface area contributed by atoms with Crippen molar-refractivity contribution in [3.05, 3.63) is 33.8 Å². The Labute approximate surface area is 166 Å². The molecule has 0 unspecified atom stereocenters. The van der Waals surface area contributed by atoms with E-state index < -0.39 is 11.8 Å². The highest BCUT2D eigenvalue weighted by Gasteiger charge is 2.38. The largest absolute Gasteiger partial charge is 0.353 e. The molecule has 1 saturated heterocycles. The summed E-state index contributed by atoms with van der Waals surface area (Å²) in [7, 11) is 0. The van der Waals surface area contributed by atoms with Crippen LogP contribution in [0, 0.1) is 5.92 Å². The molecule has 0 aliphatic carbocycles. The van der Waals surface area contributed by atoms with Crippen LogP contribution in [0.2, 0.25) is 0 Å². The minimum atomic E-state index is -0.441. The van der Waals surface area contributed by atoms with Crippen LogP contribution in [-0.4, -0.2) is 59.1 Å². The molecule has 0 bridgehead atoms. The van der Waals surface area contributed by atoms with E-state index in [1.54, 1.807) is 23.1 Å². The van der Waals surface area contributed by atoms with Gasteiger partial charge < -0.3 is 10.2 Å². The van der Waals surface area contributed by atoms with Crippen LogP contribution in [0.15, 0.2) is 22.7 Å². The van der Waals surface area contributed by atoms with Gasteiger partial charge in [-0.25, -0.2) is 0 Å². The maximum atomic E-state index is 12.6. The Morgan fingerprint density at radius 2 is 1.78 bits per heavy atom. The maximum absolute atomic E-state index is 12.6. The third-order valence-electron chi connectivity index (χ3n) is 4.94. The van der Waals surface area contributed by atoms with E-state index in [9.17, 15) is 19.2 Å². The molecule has 0 radical (unpaired) electrons. The number of benzene rings is 1. The van der Waals surface area contributed by atoms with Gasteiger partial charge >= 0.3 is 0 Å². The topological polar surface area (TPSA) is 86.8 Å². The van der Waals surface area contributed by atoms with Crippen molar-refractivity contribution in [3.8, 4) is 0 Å². The first kappa shape index (κ1) is 19.5. The first-order valence-electron chi connectivity index (χ1n) is 9.02. The number of nitrogens with one attached hydrogen (secondary N) is 1. The van der Waals surface area contributed by atoms with Crippen LogP contribution >= 0.6 is 15.9 Å². The van der Waals surface area contributed by atoms with Crippen LogP contribution in [0.4, 0.5) is 0 Å². The van der Waals surface area contributed by atoms with E-state index in [0.717, 1.165) is 4.90 Å². The molecule has 1 fully saturated rings. The third kappa shape index (κ3) is 4.05. The number of rotatable bonds is 4. The zero-order valence-electron chi connectivity index (χ0n) is 15.3. The molecule has 0 aromatic heterocycles. The lowest BCUT2D eigenvalue weighted by Crippen LogP contribution is -2.50. The molecule has 1 aromatic rings. The molecule has 2 heterocycles. The fourth-order valence-electron chi connectivity index (χ4n) is 3.28. The number of hydrogen-bond acceptors (Lipinski definition) is 4. The first-order valence-corrected chi connectivity index (χ1v) is 9.81. The van der Waals surface area contributed by atoms with Gasteiger partial charge in [-0.05, 0) is 31.0 Å². The van der Waals surface area contributed by atoms with Gasteiger partial charge in [0.2, 0.25) is 11.8 Å². The molecular weight excluding hydrogens is 414 g/mol.